The molecule has 0 saturated carbocycles. The fourth-order valence-corrected chi connectivity index (χ4v) is 6.09. The van der Waals surface area contributed by atoms with Crippen molar-refractivity contribution in [2.75, 3.05) is 41.3 Å². The molecule has 0 bridgehead atoms. The molecule has 8 nitrogen and oxygen atoms in total. The van der Waals surface area contributed by atoms with Crippen LogP contribution >= 0.6 is 23.2 Å². The number of fused-ring (bicyclic) bond motifs is 3. The third-order valence-electron chi connectivity index (χ3n) is 7.48. The van der Waals surface area contributed by atoms with Crippen LogP contribution < -0.4 is 20.4 Å². The Hall–Kier alpha value is -3.20. The molecule has 1 saturated heterocycles. The molecule has 0 unspecified atom stereocenters. The van der Waals surface area contributed by atoms with Gasteiger partial charge in [-0.2, -0.15) is 4.98 Å². The number of nitrogens with zero attached hydrogens (tertiary/aromatic N) is 5. The third kappa shape index (κ3) is 4.13. The molecule has 1 aromatic heterocycles. The van der Waals surface area contributed by atoms with Crippen LogP contribution in [0.4, 0.5) is 23.1 Å². The van der Waals surface area contributed by atoms with E-state index >= 15 is 0 Å². The van der Waals surface area contributed by atoms with E-state index in [1.165, 1.54) is 16.0 Å². The van der Waals surface area contributed by atoms with Gasteiger partial charge in [0.05, 0.1) is 22.3 Å². The number of carbonyl (C=O) groups excluding carboxylic acids is 1. The first kappa shape index (κ1) is 24.2. The Morgan fingerprint density at radius 1 is 1.11 bits per heavy atom. The molecule has 10 heteroatoms. The van der Waals surface area contributed by atoms with Crippen molar-refractivity contribution in [1.29, 1.82) is 0 Å². The topological polar surface area (TPSA) is 85.8 Å². The van der Waals surface area contributed by atoms with E-state index in [1.54, 1.807) is 24.4 Å². The number of guanidine groups is 1. The van der Waals surface area contributed by atoms with Gasteiger partial charge in [0.1, 0.15) is 5.56 Å². The minimum absolute atomic E-state index is 0.179. The van der Waals surface area contributed by atoms with E-state index in [9.17, 15) is 4.79 Å². The molecule has 37 heavy (non-hydrogen) atoms. The molecule has 190 valence electrons. The van der Waals surface area contributed by atoms with Crippen molar-refractivity contribution in [3.8, 4) is 0 Å². The summed E-state index contributed by atoms with van der Waals surface area (Å²) < 4.78 is 0. The van der Waals surface area contributed by atoms with Crippen LogP contribution in [0.5, 0.6) is 0 Å². The summed E-state index contributed by atoms with van der Waals surface area (Å²) in [6, 6.07) is 11.6. The van der Waals surface area contributed by atoms with E-state index in [0.29, 0.717) is 52.1 Å². The molecule has 2 aromatic carbocycles. The number of aliphatic imine (C=N–C) groups is 1. The van der Waals surface area contributed by atoms with Gasteiger partial charge in [-0.3, -0.25) is 14.7 Å². The van der Waals surface area contributed by atoms with Crippen LogP contribution in [-0.2, 0) is 5.41 Å². The highest BCUT2D eigenvalue weighted by molar-refractivity contribution is 6.43. The van der Waals surface area contributed by atoms with Crippen LogP contribution in [0.1, 0.15) is 41.3 Å². The number of halogens is 2. The summed E-state index contributed by atoms with van der Waals surface area (Å²) in [5.41, 5.74) is 4.48. The second kappa shape index (κ2) is 9.28. The predicted molar refractivity (Wildman–Crippen MR) is 149 cm³/mol. The SMILES string of the molecule is Cc1cc(Nc2ncc3c(n2)N2CCN=C2N(c2c(Cl)cccc2Cl)C3=O)ccc1C1(C)CCNCC1. The third-order valence-corrected chi connectivity index (χ3v) is 8.09. The maximum atomic E-state index is 13.6. The minimum atomic E-state index is -0.316. The average Bonchev–Trinajstić information content (AvgIpc) is 3.36. The van der Waals surface area contributed by atoms with Crippen LogP contribution in [-0.4, -0.2) is 48.0 Å². The number of benzene rings is 2. The van der Waals surface area contributed by atoms with Crippen LogP contribution in [0, 0.1) is 6.92 Å². The molecule has 0 radical (unpaired) electrons. The second-order valence-electron chi connectivity index (χ2n) is 9.94. The second-order valence-corrected chi connectivity index (χ2v) is 10.8. The molecule has 2 N–H and O–H groups in total. The number of para-hydroxylation sites is 1. The lowest BCUT2D eigenvalue weighted by Gasteiger charge is -2.36. The molecule has 3 aliphatic rings. The molecular formula is C27H27Cl2N7O. The lowest BCUT2D eigenvalue weighted by atomic mass is 9.73. The summed E-state index contributed by atoms with van der Waals surface area (Å²) in [5.74, 6) is 1.09. The molecule has 6 rings (SSSR count). The molecule has 1 amide bonds. The Labute approximate surface area is 225 Å². The summed E-state index contributed by atoms with van der Waals surface area (Å²) in [4.78, 5) is 30.7. The van der Waals surface area contributed by atoms with E-state index in [-0.39, 0.29) is 11.3 Å². The van der Waals surface area contributed by atoms with Crippen molar-refractivity contribution >= 4 is 58.2 Å². The van der Waals surface area contributed by atoms with E-state index in [4.69, 9.17) is 28.2 Å². The number of aromatic nitrogens is 2. The number of carbonyl (C=O) groups is 1. The molecule has 4 heterocycles. The van der Waals surface area contributed by atoms with Gasteiger partial charge in [0.25, 0.3) is 5.91 Å². The maximum absolute atomic E-state index is 13.6. The van der Waals surface area contributed by atoms with Gasteiger partial charge in [-0.05, 0) is 73.7 Å². The van der Waals surface area contributed by atoms with Crippen LogP contribution in [0.3, 0.4) is 0 Å². The molecule has 1 fully saturated rings. The van der Waals surface area contributed by atoms with Gasteiger partial charge in [-0.1, -0.05) is 42.3 Å². The standard InChI is InChI=1S/C27H27Cl2N7O/c1-16-14-17(6-7-19(16)27(2)8-10-30-11-9-27)33-25-32-15-18-23(34-25)35-13-12-31-26(35)36(24(18)37)22-20(28)4-3-5-21(22)29/h3-7,14-15,30H,8-13H2,1-2H3,(H,32,33,34). The van der Waals surface area contributed by atoms with E-state index < -0.39 is 0 Å². The number of piperidine rings is 1. The highest BCUT2D eigenvalue weighted by Gasteiger charge is 2.41. The van der Waals surface area contributed by atoms with E-state index in [2.05, 4.69) is 52.7 Å². The highest BCUT2D eigenvalue weighted by atomic mass is 35.5. The van der Waals surface area contributed by atoms with Crippen molar-refractivity contribution < 1.29 is 4.79 Å². The lowest BCUT2D eigenvalue weighted by Crippen LogP contribution is -2.51. The van der Waals surface area contributed by atoms with Gasteiger partial charge in [0.15, 0.2) is 5.82 Å². The van der Waals surface area contributed by atoms with Crippen molar-refractivity contribution in [2.45, 2.75) is 32.1 Å². The molecule has 0 spiro atoms. The zero-order valence-electron chi connectivity index (χ0n) is 20.7. The maximum Gasteiger partial charge on any atom is 0.270 e. The molecule has 0 aliphatic carbocycles. The molecule has 3 aromatic rings. The fraction of sp³-hybridized carbons (Fsp3) is 0.333. The Kier molecular flexibility index (Phi) is 6.06. The number of aryl methyl sites for hydroxylation is 1. The number of amides is 1. The number of nitrogens with one attached hydrogen (secondary N) is 2. The Morgan fingerprint density at radius 2 is 1.86 bits per heavy atom. The van der Waals surface area contributed by atoms with Gasteiger partial charge in [0.2, 0.25) is 11.9 Å². The molecule has 3 aliphatic heterocycles. The van der Waals surface area contributed by atoms with Crippen molar-refractivity contribution in [1.82, 2.24) is 15.3 Å². The van der Waals surface area contributed by atoms with Crippen molar-refractivity contribution in [3.05, 3.63) is 69.3 Å². The normalized spacial score (nSPS) is 18.4. The van der Waals surface area contributed by atoms with Crippen LogP contribution in [0.15, 0.2) is 47.6 Å². The zero-order chi connectivity index (χ0) is 25.7. The van der Waals surface area contributed by atoms with E-state index in [0.717, 1.165) is 31.6 Å². The number of hydrogen-bond acceptors (Lipinski definition) is 7. The zero-order valence-corrected chi connectivity index (χ0v) is 22.2. The van der Waals surface area contributed by atoms with Gasteiger partial charge in [0, 0.05) is 18.4 Å². The first-order chi connectivity index (χ1) is 17.9. The van der Waals surface area contributed by atoms with E-state index in [1.807, 2.05) is 4.90 Å². The largest absolute Gasteiger partial charge is 0.324 e. The number of rotatable bonds is 4. The highest BCUT2D eigenvalue weighted by Crippen LogP contribution is 2.40. The van der Waals surface area contributed by atoms with Gasteiger partial charge < -0.3 is 10.6 Å². The number of anilines is 4. The average molecular weight is 536 g/mol. The summed E-state index contributed by atoms with van der Waals surface area (Å²) in [5, 5.41) is 7.52. The Balaban J connectivity index is 1.31. The van der Waals surface area contributed by atoms with Crippen molar-refractivity contribution in [2.24, 2.45) is 4.99 Å². The van der Waals surface area contributed by atoms with Crippen LogP contribution in [0.2, 0.25) is 10.0 Å². The van der Waals surface area contributed by atoms with Crippen LogP contribution in [0.25, 0.3) is 0 Å². The monoisotopic (exact) mass is 535 g/mol. The number of hydrogen-bond donors (Lipinski definition) is 2. The quantitative estimate of drug-likeness (QED) is 0.470. The van der Waals surface area contributed by atoms with Crippen molar-refractivity contribution in [3.63, 3.8) is 0 Å². The fourth-order valence-electron chi connectivity index (χ4n) is 5.53. The lowest BCUT2D eigenvalue weighted by molar-refractivity contribution is 0.1000. The van der Waals surface area contributed by atoms with Gasteiger partial charge in [-0.15, -0.1) is 0 Å². The summed E-state index contributed by atoms with van der Waals surface area (Å²) >= 11 is 12.9. The minimum Gasteiger partial charge on any atom is -0.324 e. The first-order valence-electron chi connectivity index (χ1n) is 12.4. The summed E-state index contributed by atoms with van der Waals surface area (Å²) in [6.45, 7) is 7.70. The predicted octanol–water partition coefficient (Wildman–Crippen LogP) is 5.31. The Morgan fingerprint density at radius 3 is 2.59 bits per heavy atom. The Bertz CT molecular complexity index is 1410. The summed E-state index contributed by atoms with van der Waals surface area (Å²) in [7, 11) is 0. The summed E-state index contributed by atoms with van der Waals surface area (Å²) in [6.07, 6.45) is 3.80. The van der Waals surface area contributed by atoms with Gasteiger partial charge in [-0.25, -0.2) is 9.88 Å². The molecular weight excluding hydrogens is 509 g/mol. The first-order valence-corrected chi connectivity index (χ1v) is 13.2. The molecule has 0 atom stereocenters. The van der Waals surface area contributed by atoms with Gasteiger partial charge >= 0.3 is 0 Å². The smallest absolute Gasteiger partial charge is 0.270 e.